The summed E-state index contributed by atoms with van der Waals surface area (Å²) in [5.41, 5.74) is -0.336. The van der Waals surface area contributed by atoms with E-state index >= 15 is 0 Å². The van der Waals surface area contributed by atoms with Crippen molar-refractivity contribution < 1.29 is 10.2 Å². The van der Waals surface area contributed by atoms with Crippen molar-refractivity contribution in [1.82, 2.24) is 19.1 Å². The predicted molar refractivity (Wildman–Crippen MR) is 126 cm³/mol. The van der Waals surface area contributed by atoms with E-state index in [4.69, 9.17) is 0 Å². The zero-order valence-electron chi connectivity index (χ0n) is 16.8. The average Bonchev–Trinajstić information content (AvgIpc) is 2.78. The maximum Gasteiger partial charge on any atom is 0.262 e. The van der Waals surface area contributed by atoms with Crippen LogP contribution in [-0.2, 0) is 13.1 Å². The third-order valence-corrected chi connectivity index (χ3v) is 8.19. The number of hydrogen-bond donors (Lipinski definition) is 2. The average molecular weight is 535 g/mol. The lowest BCUT2D eigenvalue weighted by atomic mass is 9.86. The summed E-state index contributed by atoms with van der Waals surface area (Å²) < 4.78 is 3.80. The SMILES string of the molecule is O=c1c(C(c2cccc(Br)c2)c2c(O)nc3n(c2=O)CCCS3)c(O)nc2n1CCCS2. The number of aromatic nitrogens is 4. The molecule has 0 saturated heterocycles. The van der Waals surface area contributed by atoms with Crippen LogP contribution in [0.2, 0.25) is 0 Å². The molecule has 4 heterocycles. The van der Waals surface area contributed by atoms with E-state index in [0.29, 0.717) is 29.0 Å². The number of fused-ring (bicyclic) bond motifs is 2. The summed E-state index contributed by atoms with van der Waals surface area (Å²) in [4.78, 5) is 35.6. The number of aromatic hydroxyl groups is 2. The Hall–Kier alpha value is -2.24. The highest BCUT2D eigenvalue weighted by atomic mass is 79.9. The van der Waals surface area contributed by atoms with Gasteiger partial charge in [-0.3, -0.25) is 18.7 Å². The first kappa shape index (κ1) is 21.6. The van der Waals surface area contributed by atoms with Crippen molar-refractivity contribution in [3.05, 3.63) is 66.1 Å². The van der Waals surface area contributed by atoms with E-state index in [1.165, 1.54) is 32.7 Å². The summed E-state index contributed by atoms with van der Waals surface area (Å²) in [6, 6.07) is 7.12. The second-order valence-corrected chi connectivity index (χ2v) is 10.6. The molecule has 11 heteroatoms. The second kappa shape index (κ2) is 8.60. The van der Waals surface area contributed by atoms with Crippen LogP contribution < -0.4 is 11.1 Å². The van der Waals surface area contributed by atoms with E-state index in [1.54, 1.807) is 18.2 Å². The molecule has 0 unspecified atom stereocenters. The molecule has 166 valence electrons. The molecule has 2 aliphatic heterocycles. The Morgan fingerprint density at radius 3 is 1.94 bits per heavy atom. The quantitative estimate of drug-likeness (QED) is 0.493. The van der Waals surface area contributed by atoms with Crippen LogP contribution in [0.15, 0.2) is 48.6 Å². The first-order valence-electron chi connectivity index (χ1n) is 10.1. The Balaban J connectivity index is 1.83. The summed E-state index contributed by atoms with van der Waals surface area (Å²) >= 11 is 6.26. The normalized spacial score (nSPS) is 15.4. The Bertz CT molecular complexity index is 1260. The Morgan fingerprint density at radius 2 is 1.44 bits per heavy atom. The van der Waals surface area contributed by atoms with Gasteiger partial charge in [0.05, 0.1) is 17.0 Å². The third kappa shape index (κ3) is 3.65. The third-order valence-electron chi connectivity index (χ3n) is 5.57. The van der Waals surface area contributed by atoms with Gasteiger partial charge in [0.15, 0.2) is 10.3 Å². The first-order chi connectivity index (χ1) is 15.5. The largest absolute Gasteiger partial charge is 0.493 e. The first-order valence-corrected chi connectivity index (χ1v) is 12.9. The van der Waals surface area contributed by atoms with E-state index < -0.39 is 28.8 Å². The van der Waals surface area contributed by atoms with Crippen molar-refractivity contribution >= 4 is 39.5 Å². The van der Waals surface area contributed by atoms with Crippen molar-refractivity contribution in [1.29, 1.82) is 0 Å². The van der Waals surface area contributed by atoms with Gasteiger partial charge in [-0.2, -0.15) is 9.97 Å². The molecule has 0 amide bonds. The van der Waals surface area contributed by atoms with Gasteiger partial charge in [0.2, 0.25) is 11.8 Å². The number of nitrogens with zero attached hydrogens (tertiary/aromatic N) is 4. The molecule has 0 aliphatic carbocycles. The van der Waals surface area contributed by atoms with Gasteiger partial charge >= 0.3 is 0 Å². The minimum atomic E-state index is -1.03. The fraction of sp³-hybridized carbons (Fsp3) is 0.333. The molecule has 8 nitrogen and oxygen atoms in total. The van der Waals surface area contributed by atoms with Crippen LogP contribution in [0.4, 0.5) is 0 Å². The zero-order chi connectivity index (χ0) is 22.4. The van der Waals surface area contributed by atoms with Crippen LogP contribution in [0.25, 0.3) is 0 Å². The van der Waals surface area contributed by atoms with E-state index in [-0.39, 0.29) is 11.1 Å². The predicted octanol–water partition coefficient (Wildman–Crippen LogP) is 3.15. The van der Waals surface area contributed by atoms with E-state index in [2.05, 4.69) is 25.9 Å². The van der Waals surface area contributed by atoms with Crippen molar-refractivity contribution in [3.8, 4) is 11.8 Å². The van der Waals surface area contributed by atoms with Gasteiger partial charge in [-0.25, -0.2) is 0 Å². The molecule has 32 heavy (non-hydrogen) atoms. The molecule has 1 aromatic carbocycles. The maximum absolute atomic E-state index is 13.5. The Kier molecular flexibility index (Phi) is 5.81. The Labute approximate surface area is 199 Å². The van der Waals surface area contributed by atoms with Gasteiger partial charge < -0.3 is 10.2 Å². The minimum absolute atomic E-state index is 0.0347. The molecule has 3 aromatic rings. The molecule has 0 bridgehead atoms. The maximum atomic E-state index is 13.5. The second-order valence-electron chi connectivity index (χ2n) is 7.57. The zero-order valence-corrected chi connectivity index (χ0v) is 20.0. The molecule has 2 aliphatic rings. The molecule has 2 N–H and O–H groups in total. The van der Waals surface area contributed by atoms with E-state index in [9.17, 15) is 19.8 Å². The van der Waals surface area contributed by atoms with Crippen molar-refractivity contribution in [2.24, 2.45) is 0 Å². The summed E-state index contributed by atoms with van der Waals surface area (Å²) in [6.45, 7) is 0.966. The smallest absolute Gasteiger partial charge is 0.262 e. The van der Waals surface area contributed by atoms with Crippen molar-refractivity contribution in [3.63, 3.8) is 0 Å². The molecular formula is C21H19BrN4O4S2. The lowest BCUT2D eigenvalue weighted by Gasteiger charge is -2.24. The molecule has 2 aromatic heterocycles. The van der Waals surface area contributed by atoms with Crippen LogP contribution >= 0.6 is 39.5 Å². The Morgan fingerprint density at radius 1 is 0.906 bits per heavy atom. The number of thioether (sulfide) groups is 2. The van der Waals surface area contributed by atoms with Crippen LogP contribution in [-0.4, -0.2) is 40.8 Å². The molecule has 0 radical (unpaired) electrons. The molecule has 5 rings (SSSR count). The van der Waals surface area contributed by atoms with Crippen LogP contribution in [0, 0.1) is 0 Å². The van der Waals surface area contributed by atoms with E-state index in [1.807, 2.05) is 6.07 Å². The summed E-state index contributed by atoms with van der Waals surface area (Å²) in [5, 5.41) is 22.6. The molecular weight excluding hydrogens is 516 g/mol. The minimum Gasteiger partial charge on any atom is -0.493 e. The number of hydrogen-bond acceptors (Lipinski definition) is 8. The van der Waals surface area contributed by atoms with Crippen molar-refractivity contribution in [2.75, 3.05) is 11.5 Å². The molecule has 0 saturated carbocycles. The van der Waals surface area contributed by atoms with Gasteiger partial charge in [0.1, 0.15) is 0 Å². The molecule has 0 atom stereocenters. The fourth-order valence-corrected chi connectivity index (χ4v) is 6.43. The summed E-state index contributed by atoms with van der Waals surface area (Å²) in [6.07, 6.45) is 1.60. The van der Waals surface area contributed by atoms with Gasteiger partial charge in [0, 0.05) is 29.1 Å². The highest BCUT2D eigenvalue weighted by Crippen LogP contribution is 2.38. The fourth-order valence-electron chi connectivity index (χ4n) is 4.13. The summed E-state index contributed by atoms with van der Waals surface area (Å²) in [5.74, 6) is -0.265. The number of benzene rings is 1. The molecule has 0 spiro atoms. The van der Waals surface area contributed by atoms with Gasteiger partial charge in [0.25, 0.3) is 11.1 Å². The lowest BCUT2D eigenvalue weighted by Crippen LogP contribution is -2.35. The highest BCUT2D eigenvalue weighted by molar-refractivity contribution is 9.10. The number of rotatable bonds is 3. The topological polar surface area (TPSA) is 110 Å². The highest BCUT2D eigenvalue weighted by Gasteiger charge is 2.34. The molecule has 0 fully saturated rings. The van der Waals surface area contributed by atoms with E-state index in [0.717, 1.165) is 28.8 Å². The van der Waals surface area contributed by atoms with Gasteiger partial charge in [-0.15, -0.1) is 0 Å². The van der Waals surface area contributed by atoms with Gasteiger partial charge in [-0.05, 0) is 30.5 Å². The summed E-state index contributed by atoms with van der Waals surface area (Å²) in [7, 11) is 0. The van der Waals surface area contributed by atoms with Crippen LogP contribution in [0.3, 0.4) is 0 Å². The van der Waals surface area contributed by atoms with Gasteiger partial charge in [-0.1, -0.05) is 51.6 Å². The lowest BCUT2D eigenvalue weighted by molar-refractivity contribution is 0.406. The van der Waals surface area contributed by atoms with Crippen LogP contribution in [0.5, 0.6) is 11.8 Å². The number of halogens is 1. The van der Waals surface area contributed by atoms with Crippen molar-refractivity contribution in [2.45, 2.75) is 42.2 Å². The van der Waals surface area contributed by atoms with Crippen LogP contribution in [0.1, 0.15) is 35.4 Å². The standard InChI is InChI=1S/C21H19BrN4O4S2/c22-12-5-1-4-11(10-12)13(14-16(27)23-20-25(18(14)29)6-2-8-31-20)15-17(28)24-21-26(19(15)30)7-3-9-32-21/h1,4-5,10,13,27-28H,2-3,6-9H2. The monoisotopic (exact) mass is 534 g/mol.